The van der Waals surface area contributed by atoms with E-state index in [2.05, 4.69) is 5.32 Å². The first kappa shape index (κ1) is 7.59. The minimum absolute atomic E-state index is 0.475. The third-order valence-electron chi connectivity index (χ3n) is 2.18. The van der Waals surface area contributed by atoms with Crippen molar-refractivity contribution in [2.75, 3.05) is 5.32 Å². The second-order valence-corrected chi connectivity index (χ2v) is 3.66. The summed E-state index contributed by atoms with van der Waals surface area (Å²) >= 11 is 0. The SMILES string of the molecule is Cc1ccc2c(c1)NC(C)(F)C2. The Kier molecular flexibility index (Phi) is 1.40. The van der Waals surface area contributed by atoms with Gasteiger partial charge in [-0.1, -0.05) is 12.1 Å². The normalized spacial score (nSPS) is 26.6. The summed E-state index contributed by atoms with van der Waals surface area (Å²) in [6, 6.07) is 5.99. The molecule has 1 aromatic rings. The summed E-state index contributed by atoms with van der Waals surface area (Å²) in [7, 11) is 0. The van der Waals surface area contributed by atoms with Gasteiger partial charge in [-0.05, 0) is 31.0 Å². The van der Waals surface area contributed by atoms with Gasteiger partial charge in [0.05, 0.1) is 0 Å². The molecular formula is C10H12FN. The van der Waals surface area contributed by atoms with Crippen LogP contribution in [0.1, 0.15) is 18.1 Å². The smallest absolute Gasteiger partial charge is 0.181 e. The number of hydrogen-bond acceptors (Lipinski definition) is 1. The first-order valence-corrected chi connectivity index (χ1v) is 4.13. The molecule has 0 radical (unpaired) electrons. The first-order chi connectivity index (χ1) is 5.57. The molecule has 1 unspecified atom stereocenters. The molecule has 0 amide bonds. The topological polar surface area (TPSA) is 12.0 Å². The Bertz CT molecular complexity index is 318. The zero-order chi connectivity index (χ0) is 8.77. The van der Waals surface area contributed by atoms with Gasteiger partial charge in [-0.2, -0.15) is 0 Å². The molecule has 2 rings (SSSR count). The predicted octanol–water partition coefficient (Wildman–Crippen LogP) is 2.65. The van der Waals surface area contributed by atoms with Gasteiger partial charge in [0, 0.05) is 12.1 Å². The van der Waals surface area contributed by atoms with E-state index in [1.807, 2.05) is 25.1 Å². The van der Waals surface area contributed by atoms with E-state index in [0.29, 0.717) is 6.42 Å². The van der Waals surface area contributed by atoms with Crippen molar-refractivity contribution in [2.24, 2.45) is 0 Å². The molecule has 1 N–H and O–H groups in total. The molecule has 1 nitrogen and oxygen atoms in total. The molecule has 12 heavy (non-hydrogen) atoms. The van der Waals surface area contributed by atoms with Crippen molar-refractivity contribution >= 4 is 5.69 Å². The Hall–Kier alpha value is -1.05. The maximum atomic E-state index is 13.4. The van der Waals surface area contributed by atoms with E-state index in [1.165, 1.54) is 5.56 Å². The van der Waals surface area contributed by atoms with Crippen molar-refractivity contribution in [1.82, 2.24) is 0 Å². The molecule has 1 heterocycles. The average Bonchev–Trinajstić information content (AvgIpc) is 2.21. The highest BCUT2D eigenvalue weighted by Gasteiger charge is 2.31. The molecule has 0 fully saturated rings. The summed E-state index contributed by atoms with van der Waals surface area (Å²) in [4.78, 5) is 0. The van der Waals surface area contributed by atoms with Crippen LogP contribution in [0.15, 0.2) is 18.2 Å². The molecule has 64 valence electrons. The van der Waals surface area contributed by atoms with Crippen LogP contribution >= 0.6 is 0 Å². The van der Waals surface area contributed by atoms with Crippen LogP contribution in [0.5, 0.6) is 0 Å². The summed E-state index contributed by atoms with van der Waals surface area (Å²) in [5.74, 6) is -1.25. The number of fused-ring (bicyclic) bond motifs is 1. The lowest BCUT2D eigenvalue weighted by Crippen LogP contribution is -2.25. The van der Waals surface area contributed by atoms with Gasteiger partial charge in [0.1, 0.15) is 0 Å². The van der Waals surface area contributed by atoms with Crippen LogP contribution in [0.2, 0.25) is 0 Å². The van der Waals surface area contributed by atoms with Crippen molar-refractivity contribution in [1.29, 1.82) is 0 Å². The molecule has 1 aliphatic rings. The van der Waals surface area contributed by atoms with Gasteiger partial charge in [-0.25, -0.2) is 4.39 Å². The van der Waals surface area contributed by atoms with E-state index in [-0.39, 0.29) is 0 Å². The second kappa shape index (κ2) is 2.22. The van der Waals surface area contributed by atoms with Crippen molar-refractivity contribution < 1.29 is 4.39 Å². The Morgan fingerprint density at radius 2 is 2.25 bits per heavy atom. The number of halogens is 1. The summed E-state index contributed by atoms with van der Waals surface area (Å²) < 4.78 is 13.4. The lowest BCUT2D eigenvalue weighted by Gasteiger charge is -2.12. The number of aryl methyl sites for hydroxylation is 1. The highest BCUT2D eigenvalue weighted by molar-refractivity contribution is 5.59. The molecule has 0 saturated heterocycles. The number of rotatable bonds is 0. The summed E-state index contributed by atoms with van der Waals surface area (Å²) in [5, 5.41) is 2.85. The van der Waals surface area contributed by atoms with E-state index in [1.54, 1.807) is 6.92 Å². The largest absolute Gasteiger partial charge is 0.353 e. The van der Waals surface area contributed by atoms with Crippen LogP contribution in [-0.2, 0) is 6.42 Å². The molecule has 0 saturated carbocycles. The van der Waals surface area contributed by atoms with Gasteiger partial charge in [-0.15, -0.1) is 0 Å². The Morgan fingerprint density at radius 1 is 1.50 bits per heavy atom. The van der Waals surface area contributed by atoms with Gasteiger partial charge < -0.3 is 5.32 Å². The Labute approximate surface area is 71.6 Å². The van der Waals surface area contributed by atoms with E-state index in [4.69, 9.17) is 0 Å². The van der Waals surface area contributed by atoms with Crippen molar-refractivity contribution in [3.63, 3.8) is 0 Å². The van der Waals surface area contributed by atoms with E-state index >= 15 is 0 Å². The zero-order valence-electron chi connectivity index (χ0n) is 7.32. The molecule has 0 aromatic heterocycles. The summed E-state index contributed by atoms with van der Waals surface area (Å²) in [6.07, 6.45) is 0.475. The molecular weight excluding hydrogens is 153 g/mol. The first-order valence-electron chi connectivity index (χ1n) is 4.13. The van der Waals surface area contributed by atoms with E-state index in [0.717, 1.165) is 11.3 Å². The number of anilines is 1. The standard InChI is InChI=1S/C10H12FN/c1-7-3-4-8-6-10(2,11)12-9(8)5-7/h3-5,12H,6H2,1-2H3. The van der Waals surface area contributed by atoms with Crippen LogP contribution in [0.25, 0.3) is 0 Å². The summed E-state index contributed by atoms with van der Waals surface area (Å²) in [6.45, 7) is 3.58. The average molecular weight is 165 g/mol. The number of nitrogens with one attached hydrogen (secondary N) is 1. The fourth-order valence-corrected chi connectivity index (χ4v) is 1.64. The maximum Gasteiger partial charge on any atom is 0.181 e. The van der Waals surface area contributed by atoms with Gasteiger partial charge in [0.2, 0.25) is 0 Å². The Morgan fingerprint density at radius 3 is 3.00 bits per heavy atom. The van der Waals surface area contributed by atoms with E-state index < -0.39 is 5.79 Å². The molecule has 1 aromatic carbocycles. The molecule has 1 atom stereocenters. The van der Waals surface area contributed by atoms with Crippen molar-refractivity contribution in [3.05, 3.63) is 29.3 Å². The van der Waals surface area contributed by atoms with Gasteiger partial charge in [-0.3, -0.25) is 0 Å². The third-order valence-corrected chi connectivity index (χ3v) is 2.18. The molecule has 0 aliphatic carbocycles. The minimum atomic E-state index is -1.25. The highest BCUT2D eigenvalue weighted by Crippen LogP contribution is 2.33. The van der Waals surface area contributed by atoms with Crippen LogP contribution in [-0.4, -0.2) is 5.79 Å². The fourth-order valence-electron chi connectivity index (χ4n) is 1.64. The van der Waals surface area contributed by atoms with Gasteiger partial charge in [0.25, 0.3) is 0 Å². The lowest BCUT2D eigenvalue weighted by atomic mass is 10.1. The lowest BCUT2D eigenvalue weighted by molar-refractivity contribution is 0.240. The molecule has 0 spiro atoms. The monoisotopic (exact) mass is 165 g/mol. The van der Waals surface area contributed by atoms with Crippen LogP contribution in [0.4, 0.5) is 10.1 Å². The van der Waals surface area contributed by atoms with Gasteiger partial charge in [0.15, 0.2) is 5.79 Å². The third kappa shape index (κ3) is 1.17. The zero-order valence-corrected chi connectivity index (χ0v) is 7.32. The molecule has 2 heteroatoms. The van der Waals surface area contributed by atoms with Crippen molar-refractivity contribution in [2.45, 2.75) is 26.1 Å². The van der Waals surface area contributed by atoms with Crippen molar-refractivity contribution in [3.8, 4) is 0 Å². The highest BCUT2D eigenvalue weighted by atomic mass is 19.1. The number of hydrogen-bond donors (Lipinski definition) is 1. The second-order valence-electron chi connectivity index (χ2n) is 3.66. The van der Waals surface area contributed by atoms with Crippen LogP contribution in [0.3, 0.4) is 0 Å². The minimum Gasteiger partial charge on any atom is -0.353 e. The number of benzene rings is 1. The quantitative estimate of drug-likeness (QED) is 0.583. The summed E-state index contributed by atoms with van der Waals surface area (Å²) in [5.41, 5.74) is 3.18. The molecule has 1 aliphatic heterocycles. The fraction of sp³-hybridized carbons (Fsp3) is 0.400. The van der Waals surface area contributed by atoms with Crippen LogP contribution in [0, 0.1) is 6.92 Å². The maximum absolute atomic E-state index is 13.4. The van der Waals surface area contributed by atoms with E-state index in [9.17, 15) is 4.39 Å². The van der Waals surface area contributed by atoms with Gasteiger partial charge >= 0.3 is 0 Å². The predicted molar refractivity (Wildman–Crippen MR) is 48.0 cm³/mol. The number of alkyl halides is 1. The Balaban J connectivity index is 2.43. The molecule has 0 bridgehead atoms. The van der Waals surface area contributed by atoms with Crippen LogP contribution < -0.4 is 5.32 Å².